The van der Waals surface area contributed by atoms with E-state index in [1.165, 1.54) is 10.4 Å². The summed E-state index contributed by atoms with van der Waals surface area (Å²) in [5.41, 5.74) is 1.39. The molecule has 1 atom stereocenters. The second-order valence-electron chi connectivity index (χ2n) is 8.66. The number of carbonyl (C=O) groups is 1. The van der Waals surface area contributed by atoms with Crippen molar-refractivity contribution in [2.45, 2.75) is 32.9 Å². The van der Waals surface area contributed by atoms with E-state index >= 15 is 0 Å². The molecule has 1 amide bonds. The van der Waals surface area contributed by atoms with Crippen molar-refractivity contribution in [1.82, 2.24) is 20.0 Å². The first-order chi connectivity index (χ1) is 15.5. The maximum atomic E-state index is 13.1. The number of aromatic nitrogens is 2. The van der Waals surface area contributed by atoms with Gasteiger partial charge in [0.1, 0.15) is 0 Å². The summed E-state index contributed by atoms with van der Waals surface area (Å²) in [5, 5.41) is 8.56. The Bertz CT molecular complexity index is 1130. The molecular weight excluding hydrogens is 402 g/mol. The lowest BCUT2D eigenvalue weighted by atomic mass is 10.1. The highest BCUT2D eigenvalue weighted by Crippen LogP contribution is 2.17. The van der Waals surface area contributed by atoms with Crippen molar-refractivity contribution in [3.8, 4) is 0 Å². The summed E-state index contributed by atoms with van der Waals surface area (Å²) in [6.45, 7) is 10.3. The Balaban J connectivity index is 1.41. The second kappa shape index (κ2) is 9.53. The second-order valence-corrected chi connectivity index (χ2v) is 8.66. The first kappa shape index (κ1) is 22.0. The van der Waals surface area contributed by atoms with Crippen molar-refractivity contribution < 1.29 is 4.79 Å². The molecular formula is C25H31N5O2. The van der Waals surface area contributed by atoms with Crippen LogP contribution in [0, 0.1) is 0 Å². The van der Waals surface area contributed by atoms with Crippen LogP contribution in [-0.2, 0) is 0 Å². The number of fused-ring (bicyclic) bond motifs is 1. The first-order valence-corrected chi connectivity index (χ1v) is 11.3. The Labute approximate surface area is 188 Å². The van der Waals surface area contributed by atoms with Crippen molar-refractivity contribution in [2.24, 2.45) is 0 Å². The smallest absolute Gasteiger partial charge is 0.274 e. The van der Waals surface area contributed by atoms with Crippen LogP contribution in [0.5, 0.6) is 0 Å². The van der Waals surface area contributed by atoms with Crippen LogP contribution in [0.1, 0.15) is 37.3 Å². The molecule has 0 saturated carbocycles. The van der Waals surface area contributed by atoms with Crippen LogP contribution in [-0.4, -0.2) is 59.4 Å². The van der Waals surface area contributed by atoms with E-state index in [2.05, 4.69) is 51.4 Å². The van der Waals surface area contributed by atoms with E-state index in [0.717, 1.165) is 26.2 Å². The van der Waals surface area contributed by atoms with Gasteiger partial charge in [-0.2, -0.15) is 5.10 Å². The Morgan fingerprint density at radius 2 is 1.56 bits per heavy atom. The number of nitrogens with one attached hydrogen (secondary N) is 1. The predicted molar refractivity (Wildman–Crippen MR) is 128 cm³/mol. The van der Waals surface area contributed by atoms with Crippen LogP contribution < -0.4 is 15.8 Å². The van der Waals surface area contributed by atoms with Gasteiger partial charge in [0.05, 0.1) is 11.4 Å². The third kappa shape index (κ3) is 4.53. The van der Waals surface area contributed by atoms with Gasteiger partial charge in [0, 0.05) is 49.8 Å². The van der Waals surface area contributed by atoms with E-state index in [1.807, 2.05) is 32.0 Å². The van der Waals surface area contributed by atoms with Gasteiger partial charge in [-0.05, 0) is 39.0 Å². The monoisotopic (exact) mass is 433 g/mol. The standard InChI is InChI=1S/C25H31N5O2/c1-18(2)30-25(32)22-12-8-7-11-21(22)23(27-30)24(31)26-17-19(3)28-13-15-29(16-14-28)20-9-5-4-6-10-20/h4-12,18-19H,13-17H2,1-3H3,(H,26,31). The molecule has 1 N–H and O–H groups in total. The molecule has 7 heteroatoms. The van der Waals surface area contributed by atoms with Crippen LogP contribution in [0.15, 0.2) is 59.4 Å². The topological polar surface area (TPSA) is 70.5 Å². The molecule has 7 nitrogen and oxygen atoms in total. The molecule has 0 bridgehead atoms. The lowest BCUT2D eigenvalue weighted by Crippen LogP contribution is -2.52. The lowest BCUT2D eigenvalue weighted by Gasteiger charge is -2.39. The Kier molecular flexibility index (Phi) is 6.55. The van der Waals surface area contributed by atoms with Gasteiger partial charge in [0.15, 0.2) is 5.69 Å². The molecule has 1 aromatic heterocycles. The minimum atomic E-state index is -0.245. The van der Waals surface area contributed by atoms with Gasteiger partial charge in [-0.15, -0.1) is 0 Å². The average Bonchev–Trinajstić information content (AvgIpc) is 2.83. The number of hydrogen-bond donors (Lipinski definition) is 1. The Hall–Kier alpha value is -3.19. The summed E-state index contributed by atoms with van der Waals surface area (Å²) < 4.78 is 1.39. The fourth-order valence-electron chi connectivity index (χ4n) is 4.24. The SMILES string of the molecule is CC(CNC(=O)c1nn(C(C)C)c(=O)c2ccccc12)N1CCN(c2ccccc2)CC1. The normalized spacial score (nSPS) is 15.8. The van der Waals surface area contributed by atoms with E-state index in [0.29, 0.717) is 23.0 Å². The summed E-state index contributed by atoms with van der Waals surface area (Å²) in [7, 11) is 0. The number of para-hydroxylation sites is 1. The number of rotatable bonds is 6. The zero-order valence-corrected chi connectivity index (χ0v) is 19.0. The molecule has 0 radical (unpaired) electrons. The minimum absolute atomic E-state index is 0.126. The molecule has 32 heavy (non-hydrogen) atoms. The number of benzene rings is 2. The number of hydrogen-bond acceptors (Lipinski definition) is 5. The van der Waals surface area contributed by atoms with E-state index in [9.17, 15) is 9.59 Å². The van der Waals surface area contributed by atoms with Gasteiger partial charge >= 0.3 is 0 Å². The highest BCUT2D eigenvalue weighted by molar-refractivity contribution is 6.04. The van der Waals surface area contributed by atoms with Crippen molar-refractivity contribution in [2.75, 3.05) is 37.6 Å². The number of nitrogens with zero attached hydrogens (tertiary/aromatic N) is 4. The number of piperazine rings is 1. The lowest BCUT2D eigenvalue weighted by molar-refractivity contribution is 0.0928. The van der Waals surface area contributed by atoms with Crippen molar-refractivity contribution in [1.29, 1.82) is 0 Å². The summed E-state index contributed by atoms with van der Waals surface area (Å²) in [5.74, 6) is -0.245. The molecule has 1 unspecified atom stereocenters. The Morgan fingerprint density at radius 1 is 0.938 bits per heavy atom. The molecule has 0 aliphatic carbocycles. The maximum absolute atomic E-state index is 13.1. The summed E-state index contributed by atoms with van der Waals surface area (Å²) in [4.78, 5) is 30.6. The minimum Gasteiger partial charge on any atom is -0.369 e. The predicted octanol–water partition coefficient (Wildman–Crippen LogP) is 2.92. The molecule has 1 aliphatic rings. The van der Waals surface area contributed by atoms with E-state index in [-0.39, 0.29) is 23.6 Å². The van der Waals surface area contributed by atoms with Gasteiger partial charge in [0.2, 0.25) is 0 Å². The molecule has 4 rings (SSSR count). The van der Waals surface area contributed by atoms with Gasteiger partial charge in [-0.1, -0.05) is 36.4 Å². The summed E-state index contributed by atoms with van der Waals surface area (Å²) in [6, 6.07) is 17.7. The largest absolute Gasteiger partial charge is 0.369 e. The highest BCUT2D eigenvalue weighted by Gasteiger charge is 2.23. The van der Waals surface area contributed by atoms with Crippen LogP contribution in [0.4, 0.5) is 5.69 Å². The van der Waals surface area contributed by atoms with Gasteiger partial charge in [-0.25, -0.2) is 4.68 Å². The average molecular weight is 434 g/mol. The van der Waals surface area contributed by atoms with E-state index in [4.69, 9.17) is 0 Å². The fraction of sp³-hybridized carbons (Fsp3) is 0.400. The first-order valence-electron chi connectivity index (χ1n) is 11.3. The fourth-order valence-corrected chi connectivity index (χ4v) is 4.24. The van der Waals surface area contributed by atoms with Crippen LogP contribution in [0.2, 0.25) is 0 Å². The van der Waals surface area contributed by atoms with Crippen molar-refractivity contribution >= 4 is 22.4 Å². The quantitative estimate of drug-likeness (QED) is 0.647. The summed E-state index contributed by atoms with van der Waals surface area (Å²) in [6.07, 6.45) is 0. The van der Waals surface area contributed by atoms with Crippen LogP contribution in [0.3, 0.4) is 0 Å². The molecule has 3 aromatic rings. The van der Waals surface area contributed by atoms with Gasteiger partial charge < -0.3 is 10.2 Å². The third-order valence-electron chi connectivity index (χ3n) is 6.15. The maximum Gasteiger partial charge on any atom is 0.274 e. The zero-order chi connectivity index (χ0) is 22.7. The molecule has 1 saturated heterocycles. The number of anilines is 1. The number of carbonyl (C=O) groups excluding carboxylic acids is 1. The molecule has 2 heterocycles. The van der Waals surface area contributed by atoms with E-state index < -0.39 is 0 Å². The molecule has 168 valence electrons. The zero-order valence-electron chi connectivity index (χ0n) is 19.0. The van der Waals surface area contributed by atoms with Crippen molar-refractivity contribution in [3.05, 3.63) is 70.6 Å². The van der Waals surface area contributed by atoms with Crippen molar-refractivity contribution in [3.63, 3.8) is 0 Å². The van der Waals surface area contributed by atoms with Crippen LogP contribution in [0.25, 0.3) is 10.8 Å². The highest BCUT2D eigenvalue weighted by atomic mass is 16.2. The Morgan fingerprint density at radius 3 is 2.22 bits per heavy atom. The van der Waals surface area contributed by atoms with Crippen LogP contribution >= 0.6 is 0 Å². The van der Waals surface area contributed by atoms with Gasteiger partial charge in [-0.3, -0.25) is 14.5 Å². The third-order valence-corrected chi connectivity index (χ3v) is 6.15. The van der Waals surface area contributed by atoms with Gasteiger partial charge in [0.25, 0.3) is 11.5 Å². The summed E-state index contributed by atoms with van der Waals surface area (Å²) >= 11 is 0. The number of amides is 1. The molecule has 2 aromatic carbocycles. The van der Waals surface area contributed by atoms with E-state index in [1.54, 1.807) is 12.1 Å². The molecule has 0 spiro atoms. The molecule has 1 aliphatic heterocycles. The molecule has 1 fully saturated rings.